The topological polar surface area (TPSA) is 67.1 Å². The third kappa shape index (κ3) is 6.81. The van der Waals surface area contributed by atoms with Crippen LogP contribution < -0.4 is 10.6 Å². The Morgan fingerprint density at radius 3 is 2.79 bits per heavy atom. The van der Waals surface area contributed by atoms with E-state index in [1.165, 1.54) is 16.0 Å². The molecule has 0 aliphatic carbocycles. The van der Waals surface area contributed by atoms with Gasteiger partial charge in [-0.25, -0.2) is 4.99 Å². The van der Waals surface area contributed by atoms with Crippen LogP contribution in [0.4, 0.5) is 0 Å². The van der Waals surface area contributed by atoms with Crippen molar-refractivity contribution in [1.82, 2.24) is 25.4 Å². The van der Waals surface area contributed by atoms with Gasteiger partial charge in [-0.3, -0.25) is 0 Å². The second kappa shape index (κ2) is 11.9. The van der Waals surface area contributed by atoms with Gasteiger partial charge in [0.25, 0.3) is 0 Å². The van der Waals surface area contributed by atoms with Gasteiger partial charge in [-0.2, -0.15) is 0 Å². The number of guanidine groups is 1. The van der Waals surface area contributed by atoms with Crippen LogP contribution in [0.3, 0.4) is 0 Å². The third-order valence-corrected chi connectivity index (χ3v) is 5.70. The molecule has 8 heteroatoms. The molecular formula is C21H29IN6S. The Morgan fingerprint density at radius 1 is 1.24 bits per heavy atom. The van der Waals surface area contributed by atoms with Gasteiger partial charge in [-0.15, -0.1) is 45.5 Å². The van der Waals surface area contributed by atoms with Gasteiger partial charge in [-0.05, 0) is 36.4 Å². The third-order valence-electron chi connectivity index (χ3n) is 4.65. The predicted molar refractivity (Wildman–Crippen MR) is 131 cm³/mol. The van der Waals surface area contributed by atoms with Crippen LogP contribution in [0.1, 0.15) is 41.7 Å². The van der Waals surface area contributed by atoms with E-state index in [9.17, 15) is 0 Å². The zero-order valence-electron chi connectivity index (χ0n) is 17.1. The first kappa shape index (κ1) is 23.3. The number of aromatic nitrogens is 3. The minimum Gasteiger partial charge on any atom is -0.355 e. The average molecular weight is 524 g/mol. The molecule has 0 spiro atoms. The van der Waals surface area contributed by atoms with E-state index < -0.39 is 0 Å². The maximum absolute atomic E-state index is 4.82. The van der Waals surface area contributed by atoms with Crippen LogP contribution in [0.15, 0.2) is 53.1 Å². The van der Waals surface area contributed by atoms with Crippen molar-refractivity contribution in [2.24, 2.45) is 4.99 Å². The monoisotopic (exact) mass is 524 g/mol. The van der Waals surface area contributed by atoms with Crippen molar-refractivity contribution in [1.29, 1.82) is 0 Å². The SMILES string of the molecule is CCc1nncn1CCNC(=NCc1ccccc1C)NC(C)c1cccs1.I. The van der Waals surface area contributed by atoms with E-state index in [1.54, 1.807) is 17.7 Å². The number of halogens is 1. The van der Waals surface area contributed by atoms with Gasteiger partial charge >= 0.3 is 0 Å². The molecular weight excluding hydrogens is 495 g/mol. The molecule has 29 heavy (non-hydrogen) atoms. The highest BCUT2D eigenvalue weighted by molar-refractivity contribution is 14.0. The first-order valence-corrected chi connectivity index (χ1v) is 10.5. The molecule has 0 saturated heterocycles. The van der Waals surface area contributed by atoms with Gasteiger partial charge in [0.15, 0.2) is 5.96 Å². The van der Waals surface area contributed by atoms with E-state index in [0.29, 0.717) is 6.54 Å². The zero-order chi connectivity index (χ0) is 19.8. The molecule has 0 aliphatic rings. The molecule has 0 aliphatic heterocycles. The number of thiophene rings is 1. The summed E-state index contributed by atoms with van der Waals surface area (Å²) in [5.74, 6) is 1.82. The summed E-state index contributed by atoms with van der Waals surface area (Å²) in [4.78, 5) is 6.11. The quantitative estimate of drug-likeness (QED) is 0.262. The van der Waals surface area contributed by atoms with Crippen LogP contribution in [-0.4, -0.2) is 27.3 Å². The molecule has 1 unspecified atom stereocenters. The standard InChI is InChI=1S/C21H28N6S.HI/c1-4-20-26-24-15-27(20)12-11-22-21(25-17(3)19-10-7-13-28-19)23-14-18-9-6-5-8-16(18)2;/h5-10,13,15,17H,4,11-12,14H2,1-3H3,(H2,22,23,25);1H. The van der Waals surface area contributed by atoms with E-state index in [-0.39, 0.29) is 30.0 Å². The minimum absolute atomic E-state index is 0. The van der Waals surface area contributed by atoms with Crippen molar-refractivity contribution < 1.29 is 0 Å². The number of hydrogen-bond acceptors (Lipinski definition) is 4. The summed E-state index contributed by atoms with van der Waals surface area (Å²) < 4.78 is 2.08. The highest BCUT2D eigenvalue weighted by Crippen LogP contribution is 2.18. The number of hydrogen-bond donors (Lipinski definition) is 2. The summed E-state index contributed by atoms with van der Waals surface area (Å²) in [6, 6.07) is 12.8. The summed E-state index contributed by atoms with van der Waals surface area (Å²) in [6.45, 7) is 8.57. The van der Waals surface area contributed by atoms with Gasteiger partial charge in [0.1, 0.15) is 12.2 Å². The summed E-state index contributed by atoms with van der Waals surface area (Å²) >= 11 is 1.75. The molecule has 156 valence electrons. The highest BCUT2D eigenvalue weighted by atomic mass is 127. The Bertz CT molecular complexity index is 890. The van der Waals surface area contributed by atoms with Crippen molar-refractivity contribution in [3.05, 3.63) is 69.9 Å². The van der Waals surface area contributed by atoms with Gasteiger partial charge in [0, 0.05) is 24.4 Å². The Kier molecular flexibility index (Phi) is 9.59. The molecule has 0 saturated carbocycles. The molecule has 2 aromatic heterocycles. The summed E-state index contributed by atoms with van der Waals surface area (Å²) in [7, 11) is 0. The molecule has 1 aromatic carbocycles. The van der Waals surface area contributed by atoms with Crippen LogP contribution in [0.25, 0.3) is 0 Å². The number of nitrogens with zero attached hydrogens (tertiary/aromatic N) is 4. The Balaban J connectivity index is 0.00000300. The van der Waals surface area contributed by atoms with Crippen molar-refractivity contribution >= 4 is 41.3 Å². The van der Waals surface area contributed by atoms with Gasteiger partial charge in [0.05, 0.1) is 12.6 Å². The van der Waals surface area contributed by atoms with E-state index in [4.69, 9.17) is 4.99 Å². The van der Waals surface area contributed by atoms with E-state index in [0.717, 1.165) is 31.3 Å². The fourth-order valence-electron chi connectivity index (χ4n) is 2.95. The normalized spacial score (nSPS) is 12.3. The number of aryl methyl sites for hydroxylation is 2. The molecule has 6 nitrogen and oxygen atoms in total. The van der Waals surface area contributed by atoms with Crippen LogP contribution >= 0.6 is 35.3 Å². The lowest BCUT2D eigenvalue weighted by Crippen LogP contribution is -2.40. The largest absolute Gasteiger partial charge is 0.355 e. The van der Waals surface area contributed by atoms with Crippen LogP contribution in [-0.2, 0) is 19.5 Å². The first-order valence-electron chi connectivity index (χ1n) is 9.66. The number of nitrogens with one attached hydrogen (secondary N) is 2. The number of aliphatic imine (C=N–C) groups is 1. The van der Waals surface area contributed by atoms with E-state index in [2.05, 4.69) is 87.9 Å². The Labute approximate surface area is 193 Å². The summed E-state index contributed by atoms with van der Waals surface area (Å²) in [5, 5.41) is 17.2. The molecule has 2 N–H and O–H groups in total. The van der Waals surface area contributed by atoms with E-state index >= 15 is 0 Å². The first-order chi connectivity index (χ1) is 13.7. The zero-order valence-corrected chi connectivity index (χ0v) is 20.3. The smallest absolute Gasteiger partial charge is 0.192 e. The van der Waals surface area contributed by atoms with Gasteiger partial charge in [0.2, 0.25) is 0 Å². The fourth-order valence-corrected chi connectivity index (χ4v) is 3.69. The number of benzene rings is 1. The molecule has 3 rings (SSSR count). The van der Waals surface area contributed by atoms with Crippen molar-refractivity contribution in [2.75, 3.05) is 6.54 Å². The lowest BCUT2D eigenvalue weighted by molar-refractivity contribution is 0.621. The fraction of sp³-hybridized carbons (Fsp3) is 0.381. The maximum Gasteiger partial charge on any atom is 0.192 e. The highest BCUT2D eigenvalue weighted by Gasteiger charge is 2.09. The van der Waals surface area contributed by atoms with Crippen molar-refractivity contribution in [2.45, 2.75) is 46.3 Å². The lowest BCUT2D eigenvalue weighted by Gasteiger charge is -2.18. The summed E-state index contributed by atoms with van der Waals surface area (Å²) in [5.41, 5.74) is 2.49. The summed E-state index contributed by atoms with van der Waals surface area (Å²) in [6.07, 6.45) is 2.66. The van der Waals surface area contributed by atoms with Crippen molar-refractivity contribution in [3.63, 3.8) is 0 Å². The Hall–Kier alpha value is -1.94. The predicted octanol–water partition coefficient (Wildman–Crippen LogP) is 4.33. The van der Waals surface area contributed by atoms with E-state index in [1.807, 2.05) is 0 Å². The second-order valence-corrected chi connectivity index (χ2v) is 7.67. The molecule has 0 fully saturated rings. The Morgan fingerprint density at radius 2 is 2.07 bits per heavy atom. The molecule has 3 aromatic rings. The molecule has 0 bridgehead atoms. The van der Waals surface area contributed by atoms with Crippen LogP contribution in [0, 0.1) is 6.92 Å². The molecule has 2 heterocycles. The minimum atomic E-state index is 0. The molecule has 0 radical (unpaired) electrons. The number of rotatable bonds is 8. The van der Waals surface area contributed by atoms with Crippen molar-refractivity contribution in [3.8, 4) is 0 Å². The van der Waals surface area contributed by atoms with Gasteiger partial charge < -0.3 is 15.2 Å². The average Bonchev–Trinajstić information content (AvgIpc) is 3.38. The maximum atomic E-state index is 4.82. The second-order valence-electron chi connectivity index (χ2n) is 6.69. The molecule has 1 atom stereocenters. The van der Waals surface area contributed by atoms with Crippen LogP contribution in [0.5, 0.6) is 0 Å². The lowest BCUT2D eigenvalue weighted by atomic mass is 10.1. The van der Waals surface area contributed by atoms with Crippen LogP contribution in [0.2, 0.25) is 0 Å². The molecule has 0 amide bonds. The van der Waals surface area contributed by atoms with Gasteiger partial charge in [-0.1, -0.05) is 37.3 Å².